The number of hydrogen-bond donors (Lipinski definition) is 1. The molecule has 0 saturated carbocycles. The monoisotopic (exact) mass is 182 g/mol. The number of aromatic carboxylic acids is 1. The largest absolute Gasteiger partial charge is 0.476 e. The molecule has 0 saturated heterocycles. The van der Waals surface area contributed by atoms with E-state index in [1.807, 2.05) is 0 Å². The number of nitrogens with zero attached hydrogens (tertiary/aromatic N) is 2. The number of carboxylic acids is 1. The summed E-state index contributed by atoms with van der Waals surface area (Å²) in [6.45, 7) is 0. The van der Waals surface area contributed by atoms with Gasteiger partial charge in [0.25, 0.3) is 0 Å². The first-order valence-electron chi connectivity index (χ1n) is 3.49. The van der Waals surface area contributed by atoms with E-state index in [1.165, 1.54) is 6.20 Å². The molecule has 0 amide bonds. The standard InChI is InChI=1S/C7H6N2O2S/c10-7(11)5-3-8-6-4(9-5)1-2-12-6/h3H,1-2H2,(H,10,11). The number of hydrogen-bond acceptors (Lipinski definition) is 4. The van der Waals surface area contributed by atoms with Crippen LogP contribution in [-0.4, -0.2) is 26.8 Å². The molecule has 2 rings (SSSR count). The third-order valence-corrected chi connectivity index (χ3v) is 2.63. The molecule has 2 heterocycles. The second-order valence-electron chi connectivity index (χ2n) is 2.41. The highest BCUT2D eigenvalue weighted by atomic mass is 32.2. The van der Waals surface area contributed by atoms with Crippen molar-refractivity contribution in [3.05, 3.63) is 17.6 Å². The van der Waals surface area contributed by atoms with E-state index < -0.39 is 5.97 Å². The maximum absolute atomic E-state index is 10.5. The summed E-state index contributed by atoms with van der Waals surface area (Å²) in [5.41, 5.74) is 0.858. The predicted octanol–water partition coefficient (Wildman–Crippen LogP) is 0.823. The van der Waals surface area contributed by atoms with E-state index in [0.29, 0.717) is 0 Å². The molecule has 5 heteroatoms. The number of fused-ring (bicyclic) bond motifs is 1. The van der Waals surface area contributed by atoms with Crippen molar-refractivity contribution in [2.75, 3.05) is 5.75 Å². The van der Waals surface area contributed by atoms with Crippen molar-refractivity contribution in [3.63, 3.8) is 0 Å². The topological polar surface area (TPSA) is 63.1 Å². The summed E-state index contributed by atoms with van der Waals surface area (Å²) in [4.78, 5) is 18.5. The van der Waals surface area contributed by atoms with E-state index in [0.717, 1.165) is 22.9 Å². The van der Waals surface area contributed by atoms with Crippen molar-refractivity contribution >= 4 is 17.7 Å². The first-order valence-corrected chi connectivity index (χ1v) is 4.48. The molecule has 0 radical (unpaired) electrons. The molecule has 1 N–H and O–H groups in total. The van der Waals surface area contributed by atoms with Crippen LogP contribution in [-0.2, 0) is 6.42 Å². The Morgan fingerprint density at radius 1 is 1.67 bits per heavy atom. The summed E-state index contributed by atoms with van der Waals surface area (Å²) in [5, 5.41) is 9.48. The Morgan fingerprint density at radius 3 is 3.25 bits per heavy atom. The van der Waals surface area contributed by atoms with Gasteiger partial charge in [0.05, 0.1) is 11.9 Å². The summed E-state index contributed by atoms with van der Waals surface area (Å²) >= 11 is 1.62. The highest BCUT2D eigenvalue weighted by Gasteiger charge is 2.16. The molecule has 62 valence electrons. The Labute approximate surface area is 73.0 Å². The fourth-order valence-electron chi connectivity index (χ4n) is 1.05. The second-order valence-corrected chi connectivity index (χ2v) is 3.49. The van der Waals surface area contributed by atoms with Gasteiger partial charge >= 0.3 is 5.97 Å². The zero-order chi connectivity index (χ0) is 8.55. The maximum Gasteiger partial charge on any atom is 0.356 e. The van der Waals surface area contributed by atoms with Crippen LogP contribution in [0.15, 0.2) is 11.2 Å². The minimum absolute atomic E-state index is 0.0382. The van der Waals surface area contributed by atoms with Crippen molar-refractivity contribution in [3.8, 4) is 0 Å². The van der Waals surface area contributed by atoms with Gasteiger partial charge in [-0.3, -0.25) is 0 Å². The van der Waals surface area contributed by atoms with E-state index in [1.54, 1.807) is 11.8 Å². The summed E-state index contributed by atoms with van der Waals surface area (Å²) in [6.07, 6.45) is 2.13. The number of carboxylic acid groups (broad SMARTS) is 1. The molecule has 0 fully saturated rings. The molecular weight excluding hydrogens is 176 g/mol. The summed E-state index contributed by atoms with van der Waals surface area (Å²) in [5.74, 6) is -0.0551. The highest BCUT2D eigenvalue weighted by molar-refractivity contribution is 7.99. The minimum Gasteiger partial charge on any atom is -0.476 e. The zero-order valence-electron chi connectivity index (χ0n) is 6.15. The Balaban J connectivity index is 2.45. The first-order chi connectivity index (χ1) is 5.77. The first kappa shape index (κ1) is 7.54. The number of aromatic nitrogens is 2. The Bertz CT molecular complexity index is 340. The Kier molecular flexibility index (Phi) is 1.73. The van der Waals surface area contributed by atoms with E-state index in [9.17, 15) is 4.79 Å². The maximum atomic E-state index is 10.5. The van der Waals surface area contributed by atoms with Gasteiger partial charge in [0.1, 0.15) is 5.03 Å². The van der Waals surface area contributed by atoms with Crippen LogP contribution in [0.5, 0.6) is 0 Å². The number of aryl methyl sites for hydroxylation is 1. The highest BCUT2D eigenvalue weighted by Crippen LogP contribution is 2.27. The average Bonchev–Trinajstić information content (AvgIpc) is 2.49. The van der Waals surface area contributed by atoms with Crippen LogP contribution < -0.4 is 0 Å². The molecule has 1 aromatic rings. The summed E-state index contributed by atoms with van der Waals surface area (Å²) in [7, 11) is 0. The molecule has 0 spiro atoms. The Hall–Kier alpha value is -1.10. The van der Waals surface area contributed by atoms with Crippen LogP contribution in [0.1, 0.15) is 16.2 Å². The molecule has 4 nitrogen and oxygen atoms in total. The van der Waals surface area contributed by atoms with Crippen molar-refractivity contribution in [2.45, 2.75) is 11.4 Å². The molecule has 12 heavy (non-hydrogen) atoms. The van der Waals surface area contributed by atoms with E-state index in [4.69, 9.17) is 5.11 Å². The summed E-state index contributed by atoms with van der Waals surface area (Å²) < 4.78 is 0. The molecule has 1 aliphatic rings. The van der Waals surface area contributed by atoms with Crippen LogP contribution >= 0.6 is 11.8 Å². The smallest absolute Gasteiger partial charge is 0.356 e. The lowest BCUT2D eigenvalue weighted by atomic mass is 10.3. The fraction of sp³-hybridized carbons (Fsp3) is 0.286. The second kappa shape index (κ2) is 2.75. The van der Waals surface area contributed by atoms with E-state index in [-0.39, 0.29) is 5.69 Å². The van der Waals surface area contributed by atoms with Gasteiger partial charge in [0, 0.05) is 12.2 Å². The van der Waals surface area contributed by atoms with Crippen molar-refractivity contribution in [1.29, 1.82) is 0 Å². The molecule has 0 bridgehead atoms. The van der Waals surface area contributed by atoms with Crippen molar-refractivity contribution in [2.24, 2.45) is 0 Å². The lowest BCUT2D eigenvalue weighted by molar-refractivity contribution is 0.0689. The van der Waals surface area contributed by atoms with Gasteiger partial charge in [0.15, 0.2) is 5.69 Å². The molecule has 0 unspecified atom stereocenters. The molecule has 1 aliphatic heterocycles. The third kappa shape index (κ3) is 1.16. The third-order valence-electron chi connectivity index (χ3n) is 1.60. The van der Waals surface area contributed by atoms with Gasteiger partial charge in [0.2, 0.25) is 0 Å². The normalized spacial score (nSPS) is 14.3. The van der Waals surface area contributed by atoms with Gasteiger partial charge in [-0.1, -0.05) is 0 Å². The zero-order valence-corrected chi connectivity index (χ0v) is 6.97. The quantitative estimate of drug-likeness (QED) is 0.696. The predicted molar refractivity (Wildman–Crippen MR) is 43.4 cm³/mol. The molecular formula is C7H6N2O2S. The van der Waals surface area contributed by atoms with Crippen LogP contribution in [0.25, 0.3) is 0 Å². The number of thioether (sulfide) groups is 1. The SMILES string of the molecule is O=C(O)c1cnc2c(n1)CCS2. The van der Waals surface area contributed by atoms with Crippen molar-refractivity contribution < 1.29 is 9.90 Å². The van der Waals surface area contributed by atoms with Crippen LogP contribution in [0.4, 0.5) is 0 Å². The van der Waals surface area contributed by atoms with E-state index in [2.05, 4.69) is 9.97 Å². The molecule has 1 aromatic heterocycles. The molecule has 0 aliphatic carbocycles. The van der Waals surface area contributed by atoms with Crippen LogP contribution in [0.2, 0.25) is 0 Å². The molecule has 0 atom stereocenters. The van der Waals surface area contributed by atoms with Gasteiger partial charge in [-0.15, -0.1) is 11.8 Å². The fourth-order valence-corrected chi connectivity index (χ4v) is 1.98. The van der Waals surface area contributed by atoms with Gasteiger partial charge in [-0.25, -0.2) is 14.8 Å². The van der Waals surface area contributed by atoms with Gasteiger partial charge in [-0.05, 0) is 0 Å². The summed E-state index contributed by atoms with van der Waals surface area (Å²) in [6, 6.07) is 0. The van der Waals surface area contributed by atoms with Gasteiger partial charge < -0.3 is 5.11 Å². The van der Waals surface area contributed by atoms with E-state index >= 15 is 0 Å². The lowest BCUT2D eigenvalue weighted by Gasteiger charge is -1.96. The molecule has 0 aromatic carbocycles. The minimum atomic E-state index is -1.01. The lowest BCUT2D eigenvalue weighted by Crippen LogP contribution is -2.03. The van der Waals surface area contributed by atoms with Crippen LogP contribution in [0, 0.1) is 0 Å². The van der Waals surface area contributed by atoms with Crippen LogP contribution in [0.3, 0.4) is 0 Å². The Morgan fingerprint density at radius 2 is 2.50 bits per heavy atom. The van der Waals surface area contributed by atoms with Crippen molar-refractivity contribution in [1.82, 2.24) is 9.97 Å². The average molecular weight is 182 g/mol. The number of carbonyl (C=O) groups is 1. The number of rotatable bonds is 1. The van der Waals surface area contributed by atoms with Gasteiger partial charge in [-0.2, -0.15) is 0 Å².